The number of aliphatic hydroxyl groups is 1. The fourth-order valence-corrected chi connectivity index (χ4v) is 2.45. The van der Waals surface area contributed by atoms with E-state index >= 15 is 0 Å². The smallest absolute Gasteiger partial charge is 0.309 e. The lowest BCUT2D eigenvalue weighted by Crippen LogP contribution is -2.31. The highest BCUT2D eigenvalue weighted by Gasteiger charge is 2.32. The van der Waals surface area contributed by atoms with Crippen LogP contribution in [0.4, 0.5) is 0 Å². The second-order valence-electron chi connectivity index (χ2n) is 5.25. The first-order chi connectivity index (χ1) is 9.04. The molecule has 0 amide bonds. The Morgan fingerprint density at radius 1 is 1.42 bits per heavy atom. The minimum Gasteiger partial charge on any atom is -0.481 e. The van der Waals surface area contributed by atoms with Gasteiger partial charge in [-0.05, 0) is 12.8 Å². The second kappa shape index (κ2) is 8.15. The molecule has 0 aliphatic carbocycles. The molecule has 1 heterocycles. The van der Waals surface area contributed by atoms with Crippen LogP contribution in [0.5, 0.6) is 0 Å². The van der Waals surface area contributed by atoms with Gasteiger partial charge in [0.2, 0.25) is 0 Å². The van der Waals surface area contributed by atoms with Crippen LogP contribution in [0.25, 0.3) is 0 Å². The Kier molecular flexibility index (Phi) is 6.84. The lowest BCUT2D eigenvalue weighted by Gasteiger charge is -2.21. The summed E-state index contributed by atoms with van der Waals surface area (Å²) in [7, 11) is 0. The minimum absolute atomic E-state index is 0.233. The highest BCUT2D eigenvalue weighted by atomic mass is 16.5. The van der Waals surface area contributed by atoms with Crippen LogP contribution < -0.4 is 0 Å². The lowest BCUT2D eigenvalue weighted by atomic mass is 9.91. The highest BCUT2D eigenvalue weighted by molar-refractivity contribution is 5.72. The first kappa shape index (κ1) is 16.0. The number of aliphatic carboxylic acids is 1. The molecule has 0 aromatic heterocycles. The van der Waals surface area contributed by atoms with E-state index in [-0.39, 0.29) is 18.5 Å². The van der Waals surface area contributed by atoms with Gasteiger partial charge in [-0.2, -0.15) is 0 Å². The Morgan fingerprint density at radius 3 is 2.68 bits per heavy atom. The average molecular weight is 272 g/mol. The maximum atomic E-state index is 11.2. The molecule has 5 heteroatoms. The summed E-state index contributed by atoms with van der Waals surface area (Å²) in [4.78, 5) is 22.1. The summed E-state index contributed by atoms with van der Waals surface area (Å²) in [5.41, 5.74) is 0. The predicted octanol–water partition coefficient (Wildman–Crippen LogP) is 2.11. The molecule has 1 fully saturated rings. The fraction of sp³-hybridized carbons (Fsp3) is 0.857. The third-order valence-electron chi connectivity index (χ3n) is 3.62. The van der Waals surface area contributed by atoms with E-state index < -0.39 is 18.0 Å². The number of cyclic esters (lactones) is 1. The van der Waals surface area contributed by atoms with Crippen molar-refractivity contribution in [3.05, 3.63) is 0 Å². The summed E-state index contributed by atoms with van der Waals surface area (Å²) in [6, 6.07) is 0. The number of carbonyl (C=O) groups excluding carboxylic acids is 1. The van der Waals surface area contributed by atoms with Crippen molar-refractivity contribution in [3.63, 3.8) is 0 Å². The van der Waals surface area contributed by atoms with Gasteiger partial charge in [-0.3, -0.25) is 9.59 Å². The Hall–Kier alpha value is -1.10. The summed E-state index contributed by atoms with van der Waals surface area (Å²) in [5, 5.41) is 19.2. The van der Waals surface area contributed by atoms with E-state index in [4.69, 9.17) is 9.84 Å². The standard InChI is InChI=1S/C14H24O5/c1-2-3-4-5-6-11(14(17)18)12(15)9-10-7-8-13(16)19-10/h10-12,15H,2-9H2,1H3,(H,17,18). The van der Waals surface area contributed by atoms with Gasteiger partial charge in [0.1, 0.15) is 6.10 Å². The Morgan fingerprint density at radius 2 is 2.16 bits per heavy atom. The molecular weight excluding hydrogens is 248 g/mol. The van der Waals surface area contributed by atoms with E-state index in [0.717, 1.165) is 25.7 Å². The van der Waals surface area contributed by atoms with Crippen LogP contribution in [0.3, 0.4) is 0 Å². The Bertz CT molecular complexity index is 302. The number of carboxylic acids is 1. The number of aliphatic hydroxyl groups excluding tert-OH is 1. The van der Waals surface area contributed by atoms with Gasteiger partial charge in [0.05, 0.1) is 12.0 Å². The predicted molar refractivity (Wildman–Crippen MR) is 69.6 cm³/mol. The fourth-order valence-electron chi connectivity index (χ4n) is 2.45. The monoisotopic (exact) mass is 272 g/mol. The molecule has 19 heavy (non-hydrogen) atoms. The van der Waals surface area contributed by atoms with E-state index in [1.54, 1.807) is 0 Å². The first-order valence-corrected chi connectivity index (χ1v) is 7.15. The van der Waals surface area contributed by atoms with Crippen LogP contribution in [0.2, 0.25) is 0 Å². The van der Waals surface area contributed by atoms with Crippen molar-refractivity contribution in [2.24, 2.45) is 5.92 Å². The van der Waals surface area contributed by atoms with Crippen molar-refractivity contribution < 1.29 is 24.5 Å². The number of unbranched alkanes of at least 4 members (excludes halogenated alkanes) is 3. The van der Waals surface area contributed by atoms with Crippen molar-refractivity contribution in [1.29, 1.82) is 0 Å². The van der Waals surface area contributed by atoms with E-state index in [9.17, 15) is 14.7 Å². The lowest BCUT2D eigenvalue weighted by molar-refractivity contribution is -0.147. The average Bonchev–Trinajstić information content (AvgIpc) is 2.74. The van der Waals surface area contributed by atoms with E-state index in [1.165, 1.54) is 0 Å². The zero-order valence-electron chi connectivity index (χ0n) is 11.5. The largest absolute Gasteiger partial charge is 0.481 e. The summed E-state index contributed by atoms with van der Waals surface area (Å²) in [6.45, 7) is 2.10. The van der Waals surface area contributed by atoms with Gasteiger partial charge in [0.15, 0.2) is 0 Å². The number of esters is 1. The van der Waals surface area contributed by atoms with Crippen LogP contribution >= 0.6 is 0 Å². The van der Waals surface area contributed by atoms with Crippen molar-refractivity contribution in [3.8, 4) is 0 Å². The molecule has 0 aromatic carbocycles. The maximum absolute atomic E-state index is 11.2. The molecule has 1 saturated heterocycles. The van der Waals surface area contributed by atoms with Crippen LogP contribution in [-0.4, -0.2) is 34.4 Å². The summed E-state index contributed by atoms with van der Waals surface area (Å²) in [5.74, 6) is -1.98. The zero-order valence-corrected chi connectivity index (χ0v) is 11.5. The molecule has 5 nitrogen and oxygen atoms in total. The van der Waals surface area contributed by atoms with Crippen molar-refractivity contribution >= 4 is 11.9 Å². The highest BCUT2D eigenvalue weighted by Crippen LogP contribution is 2.24. The second-order valence-corrected chi connectivity index (χ2v) is 5.25. The van der Waals surface area contributed by atoms with E-state index in [1.807, 2.05) is 0 Å². The molecule has 1 aliphatic heterocycles. The Balaban J connectivity index is 2.37. The molecular formula is C14H24O5. The van der Waals surface area contributed by atoms with Gasteiger partial charge in [-0.25, -0.2) is 0 Å². The van der Waals surface area contributed by atoms with Crippen LogP contribution in [0.15, 0.2) is 0 Å². The third-order valence-corrected chi connectivity index (χ3v) is 3.62. The topological polar surface area (TPSA) is 83.8 Å². The molecule has 0 spiro atoms. The normalized spacial score (nSPS) is 22.0. The molecule has 0 radical (unpaired) electrons. The van der Waals surface area contributed by atoms with Crippen molar-refractivity contribution in [2.75, 3.05) is 0 Å². The van der Waals surface area contributed by atoms with Gasteiger partial charge in [0.25, 0.3) is 0 Å². The zero-order chi connectivity index (χ0) is 14.3. The molecule has 0 aromatic rings. The van der Waals surface area contributed by atoms with Gasteiger partial charge < -0.3 is 14.9 Å². The number of carbonyl (C=O) groups is 2. The van der Waals surface area contributed by atoms with Gasteiger partial charge in [-0.1, -0.05) is 32.6 Å². The molecule has 1 rings (SSSR count). The van der Waals surface area contributed by atoms with Crippen molar-refractivity contribution in [1.82, 2.24) is 0 Å². The van der Waals surface area contributed by atoms with Crippen LogP contribution in [0.1, 0.15) is 58.3 Å². The van der Waals surface area contributed by atoms with E-state index in [0.29, 0.717) is 19.3 Å². The number of rotatable bonds is 9. The Labute approximate surface area is 114 Å². The molecule has 110 valence electrons. The molecule has 0 saturated carbocycles. The van der Waals surface area contributed by atoms with Gasteiger partial charge >= 0.3 is 11.9 Å². The summed E-state index contributed by atoms with van der Waals surface area (Å²) >= 11 is 0. The van der Waals surface area contributed by atoms with Crippen molar-refractivity contribution in [2.45, 2.75) is 70.5 Å². The molecule has 0 bridgehead atoms. The molecule has 3 unspecified atom stereocenters. The summed E-state index contributed by atoms with van der Waals surface area (Å²) in [6.07, 6.45) is 4.39. The molecule has 2 N–H and O–H groups in total. The van der Waals surface area contributed by atoms with Crippen LogP contribution in [-0.2, 0) is 14.3 Å². The van der Waals surface area contributed by atoms with Gasteiger partial charge in [-0.15, -0.1) is 0 Å². The molecule has 1 aliphatic rings. The maximum Gasteiger partial charge on any atom is 0.309 e. The SMILES string of the molecule is CCCCCCC(C(=O)O)C(O)CC1CCC(=O)O1. The summed E-state index contributed by atoms with van der Waals surface area (Å²) < 4.78 is 5.01. The number of carboxylic acid groups (broad SMARTS) is 1. The molecule has 3 atom stereocenters. The van der Waals surface area contributed by atoms with Gasteiger partial charge in [0, 0.05) is 12.8 Å². The quantitative estimate of drug-likeness (QED) is 0.496. The first-order valence-electron chi connectivity index (χ1n) is 7.15. The van der Waals surface area contributed by atoms with Crippen LogP contribution in [0, 0.1) is 5.92 Å². The van der Waals surface area contributed by atoms with E-state index in [2.05, 4.69) is 6.92 Å². The number of hydrogen-bond donors (Lipinski definition) is 2. The number of hydrogen-bond acceptors (Lipinski definition) is 4. The minimum atomic E-state index is -0.965. The number of ether oxygens (including phenoxy) is 1. The third kappa shape index (κ3) is 5.59.